The van der Waals surface area contributed by atoms with Crippen molar-refractivity contribution in [3.8, 4) is 0 Å². The molecular weight excluding hydrogens is 216 g/mol. The maximum atomic E-state index is 11.9. The summed E-state index contributed by atoms with van der Waals surface area (Å²) in [7, 11) is -3.39. The first-order chi connectivity index (χ1) is 6.47. The van der Waals surface area contributed by atoms with Crippen molar-refractivity contribution >= 4 is 15.7 Å². The van der Waals surface area contributed by atoms with E-state index < -0.39 is 14.6 Å². The molecule has 88 valence electrons. The van der Waals surface area contributed by atoms with Crippen LogP contribution in [0.1, 0.15) is 20.8 Å². The Kier molecular flexibility index (Phi) is 2.64. The molecule has 6 heteroatoms. The summed E-state index contributed by atoms with van der Waals surface area (Å²) in [6, 6.07) is 0. The molecule has 1 aliphatic heterocycles. The zero-order valence-electron chi connectivity index (χ0n) is 9.57. The number of rotatable bonds is 2. The molecule has 1 fully saturated rings. The smallest absolute Gasteiger partial charge is 0.243 e. The fourth-order valence-corrected chi connectivity index (χ4v) is 1.95. The average molecular weight is 234 g/mol. The number of amides is 1. The van der Waals surface area contributed by atoms with Crippen molar-refractivity contribution in [2.45, 2.75) is 31.1 Å². The number of sulfone groups is 1. The van der Waals surface area contributed by atoms with Crippen LogP contribution in [0.4, 0.5) is 0 Å². The van der Waals surface area contributed by atoms with E-state index in [0.717, 1.165) is 6.26 Å². The van der Waals surface area contributed by atoms with E-state index in [1.165, 1.54) is 18.7 Å². The van der Waals surface area contributed by atoms with E-state index in [4.69, 9.17) is 5.73 Å². The molecule has 1 heterocycles. The van der Waals surface area contributed by atoms with Crippen molar-refractivity contribution in [3.63, 3.8) is 0 Å². The summed E-state index contributed by atoms with van der Waals surface area (Å²) in [6.07, 6.45) is 1.08. The predicted molar refractivity (Wildman–Crippen MR) is 58.1 cm³/mol. The second kappa shape index (κ2) is 3.18. The van der Waals surface area contributed by atoms with Crippen LogP contribution in [0.3, 0.4) is 0 Å². The molecular formula is C9H18N2O3S. The second-order valence-electron chi connectivity index (χ2n) is 5.10. The molecule has 0 atom stereocenters. The Balaban J connectivity index is 2.80. The molecule has 0 spiro atoms. The van der Waals surface area contributed by atoms with Gasteiger partial charge in [0.2, 0.25) is 5.91 Å². The first kappa shape index (κ1) is 12.4. The monoisotopic (exact) mass is 234 g/mol. The topological polar surface area (TPSA) is 80.5 Å². The fourth-order valence-electron chi connectivity index (χ4n) is 1.51. The highest BCUT2D eigenvalue weighted by atomic mass is 32.2. The number of likely N-dealkylation sites (tertiary alicyclic amines) is 1. The molecule has 0 unspecified atom stereocenters. The van der Waals surface area contributed by atoms with Crippen LogP contribution < -0.4 is 5.73 Å². The second-order valence-corrected chi connectivity index (χ2v) is 7.66. The van der Waals surface area contributed by atoms with Crippen LogP contribution in [0, 0.1) is 0 Å². The molecule has 1 rings (SSSR count). The summed E-state index contributed by atoms with van der Waals surface area (Å²) >= 11 is 0. The van der Waals surface area contributed by atoms with E-state index in [9.17, 15) is 13.2 Å². The largest absolute Gasteiger partial charge is 0.338 e. The predicted octanol–water partition coefficient (Wildman–Crippen LogP) is -0.631. The summed E-state index contributed by atoms with van der Waals surface area (Å²) in [6.45, 7) is 5.54. The Morgan fingerprint density at radius 1 is 1.40 bits per heavy atom. The third-order valence-corrected chi connectivity index (χ3v) is 4.86. The van der Waals surface area contributed by atoms with Gasteiger partial charge in [-0.2, -0.15) is 0 Å². The molecule has 0 saturated carbocycles. The molecule has 0 aromatic carbocycles. The number of carbonyl (C=O) groups is 1. The van der Waals surface area contributed by atoms with Crippen LogP contribution in [-0.4, -0.2) is 48.9 Å². The lowest BCUT2D eigenvalue weighted by Crippen LogP contribution is -2.69. The summed E-state index contributed by atoms with van der Waals surface area (Å²) in [4.78, 5) is 13.4. The zero-order chi connectivity index (χ0) is 12.1. The normalized spacial score (nSPS) is 21.0. The van der Waals surface area contributed by atoms with Gasteiger partial charge < -0.3 is 10.6 Å². The molecule has 0 aromatic heterocycles. The van der Waals surface area contributed by atoms with Crippen LogP contribution in [0.25, 0.3) is 0 Å². The van der Waals surface area contributed by atoms with Gasteiger partial charge in [-0.1, -0.05) is 0 Å². The highest BCUT2D eigenvalue weighted by Gasteiger charge is 2.47. The fraction of sp³-hybridized carbons (Fsp3) is 0.889. The van der Waals surface area contributed by atoms with Gasteiger partial charge in [0.1, 0.15) is 4.75 Å². The minimum absolute atomic E-state index is 0.368. The number of nitrogens with two attached hydrogens (primary N) is 1. The number of nitrogens with zero attached hydrogens (tertiary/aromatic N) is 1. The minimum atomic E-state index is -3.39. The number of hydrogen-bond acceptors (Lipinski definition) is 4. The lowest BCUT2D eigenvalue weighted by Gasteiger charge is -2.47. The van der Waals surface area contributed by atoms with Crippen LogP contribution in [0.5, 0.6) is 0 Å². The van der Waals surface area contributed by atoms with Crippen molar-refractivity contribution in [1.82, 2.24) is 4.90 Å². The van der Waals surface area contributed by atoms with Gasteiger partial charge in [-0.05, 0) is 20.8 Å². The Hall–Kier alpha value is -0.620. The number of hydrogen-bond donors (Lipinski definition) is 1. The van der Waals surface area contributed by atoms with Gasteiger partial charge in [-0.3, -0.25) is 4.79 Å². The summed E-state index contributed by atoms with van der Waals surface area (Å²) < 4.78 is 21.5. The van der Waals surface area contributed by atoms with Gasteiger partial charge in [0, 0.05) is 24.9 Å². The highest BCUT2D eigenvalue weighted by Crippen LogP contribution is 2.25. The molecule has 1 amide bonds. The first-order valence-electron chi connectivity index (χ1n) is 4.75. The van der Waals surface area contributed by atoms with Crippen LogP contribution in [-0.2, 0) is 14.6 Å². The maximum Gasteiger partial charge on any atom is 0.243 e. The zero-order valence-corrected chi connectivity index (χ0v) is 10.4. The lowest BCUT2D eigenvalue weighted by atomic mass is 9.92. The Bertz CT molecular complexity index is 376. The van der Waals surface area contributed by atoms with Gasteiger partial charge in [-0.25, -0.2) is 8.42 Å². The third kappa shape index (κ3) is 2.15. The molecule has 5 nitrogen and oxygen atoms in total. The quantitative estimate of drug-likeness (QED) is 0.690. The average Bonchev–Trinajstić information content (AvgIpc) is 1.96. The van der Waals surface area contributed by atoms with E-state index in [0.29, 0.717) is 13.1 Å². The van der Waals surface area contributed by atoms with Crippen molar-refractivity contribution in [2.75, 3.05) is 19.3 Å². The first-order valence-corrected chi connectivity index (χ1v) is 6.64. The molecule has 1 aliphatic rings. The van der Waals surface area contributed by atoms with E-state index in [1.807, 2.05) is 6.92 Å². The van der Waals surface area contributed by atoms with E-state index in [1.54, 1.807) is 0 Å². The minimum Gasteiger partial charge on any atom is -0.338 e. The maximum absolute atomic E-state index is 11.9. The lowest BCUT2D eigenvalue weighted by molar-refractivity contribution is -0.140. The molecule has 0 aromatic rings. The summed E-state index contributed by atoms with van der Waals surface area (Å²) in [5, 5.41) is 0. The van der Waals surface area contributed by atoms with E-state index in [-0.39, 0.29) is 11.4 Å². The van der Waals surface area contributed by atoms with Gasteiger partial charge in [0.15, 0.2) is 9.84 Å². The molecule has 0 aliphatic carbocycles. The summed E-state index contributed by atoms with van der Waals surface area (Å²) in [5.74, 6) is -0.368. The number of carbonyl (C=O) groups excluding carboxylic acids is 1. The molecule has 1 saturated heterocycles. The Morgan fingerprint density at radius 3 is 2.07 bits per heavy atom. The molecule has 2 N–H and O–H groups in total. The third-order valence-electron chi connectivity index (χ3n) is 2.83. The van der Waals surface area contributed by atoms with E-state index in [2.05, 4.69) is 0 Å². The highest BCUT2D eigenvalue weighted by molar-refractivity contribution is 7.92. The van der Waals surface area contributed by atoms with Crippen LogP contribution in [0.2, 0.25) is 0 Å². The van der Waals surface area contributed by atoms with Crippen molar-refractivity contribution < 1.29 is 13.2 Å². The van der Waals surface area contributed by atoms with Gasteiger partial charge in [0.05, 0.1) is 0 Å². The molecule has 0 bridgehead atoms. The Labute approximate surface area is 90.5 Å². The van der Waals surface area contributed by atoms with Gasteiger partial charge in [-0.15, -0.1) is 0 Å². The summed E-state index contributed by atoms with van der Waals surface area (Å²) in [5.41, 5.74) is 5.39. The van der Waals surface area contributed by atoms with Crippen molar-refractivity contribution in [2.24, 2.45) is 5.73 Å². The molecule has 0 radical (unpaired) electrons. The van der Waals surface area contributed by atoms with Crippen LogP contribution >= 0.6 is 0 Å². The van der Waals surface area contributed by atoms with Crippen LogP contribution in [0.15, 0.2) is 0 Å². The standard InChI is InChI=1S/C9H18N2O3S/c1-8(2,15(4,13)14)7(12)11-5-9(3,10)6-11/h5-6,10H2,1-4H3. The SMILES string of the molecule is CC1(N)CN(C(=O)C(C)(C)S(C)(=O)=O)C1. The van der Waals surface area contributed by atoms with Gasteiger partial charge in [0.25, 0.3) is 0 Å². The Morgan fingerprint density at radius 2 is 1.80 bits per heavy atom. The molecule has 15 heavy (non-hydrogen) atoms. The van der Waals surface area contributed by atoms with Crippen molar-refractivity contribution in [1.29, 1.82) is 0 Å². The van der Waals surface area contributed by atoms with Crippen molar-refractivity contribution in [3.05, 3.63) is 0 Å². The van der Waals surface area contributed by atoms with E-state index >= 15 is 0 Å². The van der Waals surface area contributed by atoms with Gasteiger partial charge >= 0.3 is 0 Å².